The minimum Gasteiger partial charge on any atom is -0.324 e. The number of hydrogen-bond acceptors (Lipinski definition) is 1. The molecule has 1 aromatic rings. The minimum absolute atomic E-state index is 0. The van der Waals surface area contributed by atoms with Gasteiger partial charge < -0.3 is 5.73 Å². The Morgan fingerprint density at radius 2 is 1.78 bits per heavy atom. The fraction of sp³-hybridized carbons (Fsp3) is 0.500. The molecule has 1 aromatic carbocycles. The van der Waals surface area contributed by atoms with E-state index in [0.29, 0.717) is 12.5 Å². The van der Waals surface area contributed by atoms with Crippen molar-refractivity contribution in [3.05, 3.63) is 35.1 Å². The van der Waals surface area contributed by atoms with Gasteiger partial charge in [0.25, 0.3) is 0 Å². The summed E-state index contributed by atoms with van der Waals surface area (Å²) in [5, 5.41) is 0. The van der Waals surface area contributed by atoms with Gasteiger partial charge in [0.1, 0.15) is 5.82 Å². The second-order valence-corrected chi connectivity index (χ2v) is 4.47. The van der Waals surface area contributed by atoms with Gasteiger partial charge in [0.15, 0.2) is 0 Å². The first-order chi connectivity index (χ1) is 7.71. The summed E-state index contributed by atoms with van der Waals surface area (Å²) >= 11 is 0. The van der Waals surface area contributed by atoms with Gasteiger partial charge >= 0.3 is 6.18 Å². The number of benzene rings is 1. The lowest BCUT2D eigenvalue weighted by Gasteiger charge is -2.19. The lowest BCUT2D eigenvalue weighted by molar-refractivity contribution is -0.138. The molecule has 0 fully saturated rings. The first kappa shape index (κ1) is 17.2. The molecule has 0 aliphatic heterocycles. The van der Waals surface area contributed by atoms with Crippen molar-refractivity contribution in [3.63, 3.8) is 0 Å². The smallest absolute Gasteiger partial charge is 0.324 e. The quantitative estimate of drug-likeness (QED) is 0.823. The van der Waals surface area contributed by atoms with Crippen LogP contribution < -0.4 is 5.73 Å². The Hall–Kier alpha value is -0.810. The van der Waals surface area contributed by atoms with Gasteiger partial charge in [-0.25, -0.2) is 4.39 Å². The van der Waals surface area contributed by atoms with Crippen LogP contribution in [-0.4, -0.2) is 0 Å². The molecular weight excluding hydrogens is 270 g/mol. The Balaban J connectivity index is 0.00000289. The highest BCUT2D eigenvalue weighted by Crippen LogP contribution is 2.35. The molecule has 6 heteroatoms. The van der Waals surface area contributed by atoms with Crippen LogP contribution >= 0.6 is 12.4 Å². The molecule has 1 nitrogen and oxygen atoms in total. The summed E-state index contributed by atoms with van der Waals surface area (Å²) in [7, 11) is 0. The van der Waals surface area contributed by atoms with Crippen LogP contribution in [0.1, 0.15) is 37.4 Å². The normalized spacial score (nSPS) is 13.3. The summed E-state index contributed by atoms with van der Waals surface area (Å²) in [6, 6.07) is 1.89. The van der Waals surface area contributed by atoms with E-state index in [1.165, 1.54) is 0 Å². The maximum absolute atomic E-state index is 12.9. The van der Waals surface area contributed by atoms with Crippen molar-refractivity contribution < 1.29 is 17.6 Å². The number of hydrogen-bond donors (Lipinski definition) is 1. The van der Waals surface area contributed by atoms with Gasteiger partial charge in [0.05, 0.1) is 5.56 Å². The van der Waals surface area contributed by atoms with Crippen LogP contribution in [0, 0.1) is 11.7 Å². The standard InChI is InChI=1S/C12H15F4N.ClH/c1-7(2)5-11(17)9-4-3-8(13)6-10(9)12(14,15)16;/h3-4,6-7,11H,5,17H2,1-2H3;1H/t11-;/m0./s1. The highest BCUT2D eigenvalue weighted by molar-refractivity contribution is 5.85. The molecule has 0 aromatic heterocycles. The van der Waals surface area contributed by atoms with Gasteiger partial charge in [-0.2, -0.15) is 13.2 Å². The van der Waals surface area contributed by atoms with E-state index in [2.05, 4.69) is 0 Å². The molecule has 0 radical (unpaired) electrons. The fourth-order valence-electron chi connectivity index (χ4n) is 1.73. The van der Waals surface area contributed by atoms with Gasteiger partial charge in [-0.15, -0.1) is 12.4 Å². The van der Waals surface area contributed by atoms with Gasteiger partial charge in [0.2, 0.25) is 0 Å². The van der Waals surface area contributed by atoms with Crippen molar-refractivity contribution in [2.24, 2.45) is 11.7 Å². The Bertz CT molecular complexity index is 390. The largest absolute Gasteiger partial charge is 0.416 e. The van der Waals surface area contributed by atoms with Crippen LogP contribution in [-0.2, 0) is 6.18 Å². The topological polar surface area (TPSA) is 26.0 Å². The van der Waals surface area contributed by atoms with Crippen molar-refractivity contribution in [1.82, 2.24) is 0 Å². The van der Waals surface area contributed by atoms with Crippen molar-refractivity contribution in [3.8, 4) is 0 Å². The maximum atomic E-state index is 12.9. The first-order valence-corrected chi connectivity index (χ1v) is 5.34. The molecule has 0 aliphatic carbocycles. The lowest BCUT2D eigenvalue weighted by Crippen LogP contribution is -2.19. The van der Waals surface area contributed by atoms with Gasteiger partial charge in [0, 0.05) is 6.04 Å². The van der Waals surface area contributed by atoms with Crippen molar-refractivity contribution >= 4 is 12.4 Å². The lowest BCUT2D eigenvalue weighted by atomic mass is 9.94. The molecule has 0 amide bonds. The summed E-state index contributed by atoms with van der Waals surface area (Å²) in [6.45, 7) is 3.74. The Morgan fingerprint density at radius 1 is 1.22 bits per heavy atom. The third-order valence-corrected chi connectivity index (χ3v) is 2.45. The van der Waals surface area contributed by atoms with E-state index >= 15 is 0 Å². The summed E-state index contributed by atoms with van der Waals surface area (Å²) in [4.78, 5) is 0. The zero-order valence-electron chi connectivity index (χ0n) is 10.1. The number of rotatable bonds is 3. The summed E-state index contributed by atoms with van der Waals surface area (Å²) < 4.78 is 51.0. The van der Waals surface area contributed by atoms with Crippen LogP contribution in [0.4, 0.5) is 17.6 Å². The molecule has 0 saturated carbocycles. The van der Waals surface area contributed by atoms with Crippen molar-refractivity contribution in [2.75, 3.05) is 0 Å². The first-order valence-electron chi connectivity index (χ1n) is 5.34. The van der Waals surface area contributed by atoms with E-state index in [4.69, 9.17) is 5.73 Å². The van der Waals surface area contributed by atoms with E-state index in [1.807, 2.05) is 13.8 Å². The molecule has 1 atom stereocenters. The van der Waals surface area contributed by atoms with E-state index in [9.17, 15) is 17.6 Å². The van der Waals surface area contributed by atoms with Gasteiger partial charge in [-0.3, -0.25) is 0 Å². The molecule has 18 heavy (non-hydrogen) atoms. The Morgan fingerprint density at radius 3 is 2.22 bits per heavy atom. The van der Waals surface area contributed by atoms with Crippen LogP contribution in [0.3, 0.4) is 0 Å². The third-order valence-electron chi connectivity index (χ3n) is 2.45. The monoisotopic (exact) mass is 285 g/mol. The summed E-state index contributed by atoms with van der Waals surface area (Å²) in [5.41, 5.74) is 4.69. The average Bonchev–Trinajstić information content (AvgIpc) is 2.14. The van der Waals surface area contributed by atoms with Gasteiger partial charge in [-0.1, -0.05) is 19.9 Å². The molecule has 0 aliphatic rings. The second kappa shape index (κ2) is 6.38. The predicted octanol–water partition coefficient (Wildman–Crippen LogP) is 4.31. The third kappa shape index (κ3) is 4.46. The van der Waals surface area contributed by atoms with Crippen LogP contribution in [0.25, 0.3) is 0 Å². The van der Waals surface area contributed by atoms with E-state index < -0.39 is 23.6 Å². The SMILES string of the molecule is CC(C)C[C@H](N)c1ccc(F)cc1C(F)(F)F.Cl. The Kier molecular flexibility index (Phi) is 6.10. The van der Waals surface area contributed by atoms with Crippen LogP contribution in [0.5, 0.6) is 0 Å². The highest BCUT2D eigenvalue weighted by atomic mass is 35.5. The molecule has 0 spiro atoms. The van der Waals surface area contributed by atoms with Crippen LogP contribution in [0.2, 0.25) is 0 Å². The number of nitrogens with two attached hydrogens (primary N) is 1. The molecule has 0 unspecified atom stereocenters. The molecule has 0 bridgehead atoms. The average molecular weight is 286 g/mol. The van der Waals surface area contributed by atoms with E-state index in [1.54, 1.807) is 0 Å². The summed E-state index contributed by atoms with van der Waals surface area (Å²) in [5.74, 6) is -0.728. The second-order valence-electron chi connectivity index (χ2n) is 4.47. The number of halogens is 5. The number of alkyl halides is 3. The van der Waals surface area contributed by atoms with Crippen molar-refractivity contribution in [1.29, 1.82) is 0 Å². The highest BCUT2D eigenvalue weighted by Gasteiger charge is 2.35. The minimum atomic E-state index is -4.58. The van der Waals surface area contributed by atoms with Crippen molar-refractivity contribution in [2.45, 2.75) is 32.5 Å². The molecule has 1 rings (SSSR count). The molecule has 0 saturated heterocycles. The molecule has 104 valence electrons. The zero-order chi connectivity index (χ0) is 13.2. The molecular formula is C12H16ClF4N. The summed E-state index contributed by atoms with van der Waals surface area (Å²) in [6.07, 6.45) is -4.15. The van der Waals surface area contributed by atoms with E-state index in [-0.39, 0.29) is 23.9 Å². The molecule has 0 heterocycles. The predicted molar refractivity (Wildman–Crippen MR) is 65.0 cm³/mol. The van der Waals surface area contributed by atoms with Gasteiger partial charge in [-0.05, 0) is 30.0 Å². The zero-order valence-corrected chi connectivity index (χ0v) is 10.9. The fourth-order valence-corrected chi connectivity index (χ4v) is 1.73. The Labute approximate surface area is 110 Å². The molecule has 2 N–H and O–H groups in total. The van der Waals surface area contributed by atoms with Crippen LogP contribution in [0.15, 0.2) is 18.2 Å². The van der Waals surface area contributed by atoms with E-state index in [0.717, 1.165) is 12.1 Å². The maximum Gasteiger partial charge on any atom is 0.416 e.